The predicted octanol–water partition coefficient (Wildman–Crippen LogP) is 3.11. The number of carbonyl (C=O) groups is 1. The molecule has 1 saturated carbocycles. The quantitative estimate of drug-likeness (QED) is 0.838. The molecule has 3 N–H and O–H groups in total. The van der Waals surface area contributed by atoms with Gasteiger partial charge in [-0.05, 0) is 31.2 Å². The first-order chi connectivity index (χ1) is 9.54. The summed E-state index contributed by atoms with van der Waals surface area (Å²) in [5.41, 5.74) is 6.08. The van der Waals surface area contributed by atoms with Crippen molar-refractivity contribution >= 4 is 35.1 Å². The zero-order chi connectivity index (χ0) is 14.6. The van der Waals surface area contributed by atoms with E-state index in [0.29, 0.717) is 12.1 Å². The third-order valence-electron chi connectivity index (χ3n) is 3.84. The fourth-order valence-corrected chi connectivity index (χ4v) is 3.77. The van der Waals surface area contributed by atoms with E-state index >= 15 is 0 Å². The second kappa shape index (κ2) is 6.68. The number of rotatable bonds is 4. The third-order valence-corrected chi connectivity index (χ3v) is 5.46. The maximum atomic E-state index is 12.2. The van der Waals surface area contributed by atoms with E-state index in [-0.39, 0.29) is 21.6 Å². The van der Waals surface area contributed by atoms with E-state index < -0.39 is 0 Å². The number of nitrogens with zero attached hydrogens (tertiary/aromatic N) is 1. The van der Waals surface area contributed by atoms with Gasteiger partial charge in [0.1, 0.15) is 11.0 Å². The predicted molar refractivity (Wildman–Crippen MR) is 85.3 cm³/mol. The molecule has 1 aromatic rings. The molecule has 110 valence electrons. The second-order valence-electron chi connectivity index (χ2n) is 5.23. The molecule has 0 aromatic carbocycles. The summed E-state index contributed by atoms with van der Waals surface area (Å²) >= 11 is 7.68. The number of nitrogens with one attached hydrogen (secondary N) is 1. The molecule has 0 radical (unpaired) electrons. The number of nitrogens with two attached hydrogens (primary N) is 1. The molecular formula is C14H20ClN3OS. The molecule has 1 aromatic heterocycles. The number of nitrogen functional groups attached to an aromatic ring is 1. The molecule has 1 aliphatic rings. The summed E-state index contributed by atoms with van der Waals surface area (Å²) in [7, 11) is 0. The Morgan fingerprint density at radius 1 is 1.45 bits per heavy atom. The molecule has 20 heavy (non-hydrogen) atoms. The van der Waals surface area contributed by atoms with Crippen molar-refractivity contribution in [3.63, 3.8) is 0 Å². The highest BCUT2D eigenvalue weighted by Gasteiger charge is 2.31. The van der Waals surface area contributed by atoms with Crippen LogP contribution in [0.2, 0.25) is 5.15 Å². The van der Waals surface area contributed by atoms with E-state index in [2.05, 4.69) is 16.6 Å². The minimum absolute atomic E-state index is 0.139. The molecule has 0 spiro atoms. The van der Waals surface area contributed by atoms with Crippen molar-refractivity contribution < 1.29 is 4.79 Å². The lowest BCUT2D eigenvalue weighted by Crippen LogP contribution is -2.41. The van der Waals surface area contributed by atoms with Gasteiger partial charge in [-0.3, -0.25) is 4.79 Å². The smallest absolute Gasteiger partial charge is 0.251 e. The monoisotopic (exact) mass is 313 g/mol. The number of hydrogen-bond donors (Lipinski definition) is 2. The van der Waals surface area contributed by atoms with Crippen LogP contribution < -0.4 is 11.1 Å². The van der Waals surface area contributed by atoms with Crippen molar-refractivity contribution in [2.75, 3.05) is 18.5 Å². The average molecular weight is 314 g/mol. The summed E-state index contributed by atoms with van der Waals surface area (Å²) in [5, 5.41) is 3.26. The van der Waals surface area contributed by atoms with Crippen LogP contribution in [0.25, 0.3) is 0 Å². The molecule has 0 atom stereocenters. The summed E-state index contributed by atoms with van der Waals surface area (Å²) < 4.78 is 0.177. The molecule has 4 nitrogen and oxygen atoms in total. The number of thioether (sulfide) groups is 1. The van der Waals surface area contributed by atoms with Gasteiger partial charge in [0.15, 0.2) is 0 Å². The molecule has 0 bridgehead atoms. The van der Waals surface area contributed by atoms with Crippen molar-refractivity contribution in [1.29, 1.82) is 0 Å². The fourth-order valence-electron chi connectivity index (χ4n) is 2.64. The second-order valence-corrected chi connectivity index (χ2v) is 6.90. The van der Waals surface area contributed by atoms with Gasteiger partial charge in [-0.15, -0.1) is 0 Å². The lowest BCUT2D eigenvalue weighted by molar-refractivity contribution is 0.0947. The van der Waals surface area contributed by atoms with Crippen molar-refractivity contribution in [2.24, 2.45) is 0 Å². The lowest BCUT2D eigenvalue weighted by atomic mass is 9.88. The Balaban J connectivity index is 2.00. The first-order valence-electron chi connectivity index (χ1n) is 6.81. The highest BCUT2D eigenvalue weighted by molar-refractivity contribution is 8.00. The van der Waals surface area contributed by atoms with Gasteiger partial charge in [-0.25, -0.2) is 4.98 Å². The van der Waals surface area contributed by atoms with Crippen molar-refractivity contribution in [3.8, 4) is 0 Å². The molecule has 1 amide bonds. The van der Waals surface area contributed by atoms with Gasteiger partial charge in [0.25, 0.3) is 5.91 Å². The van der Waals surface area contributed by atoms with Crippen LogP contribution in [0.5, 0.6) is 0 Å². The maximum absolute atomic E-state index is 12.2. The summed E-state index contributed by atoms with van der Waals surface area (Å²) in [6.45, 7) is 0.687. The van der Waals surface area contributed by atoms with Crippen molar-refractivity contribution in [1.82, 2.24) is 10.3 Å². The van der Waals surface area contributed by atoms with Crippen LogP contribution in [0.4, 0.5) is 5.82 Å². The van der Waals surface area contributed by atoms with E-state index in [1.807, 2.05) is 11.8 Å². The van der Waals surface area contributed by atoms with Gasteiger partial charge in [0, 0.05) is 16.9 Å². The van der Waals surface area contributed by atoms with Crippen molar-refractivity contribution in [2.45, 2.75) is 36.9 Å². The Morgan fingerprint density at radius 3 is 2.75 bits per heavy atom. The van der Waals surface area contributed by atoms with Crippen molar-refractivity contribution in [3.05, 3.63) is 22.8 Å². The molecule has 2 rings (SSSR count). The van der Waals surface area contributed by atoms with Gasteiger partial charge in [-0.1, -0.05) is 30.9 Å². The zero-order valence-corrected chi connectivity index (χ0v) is 13.2. The Morgan fingerprint density at radius 2 is 2.15 bits per heavy atom. The first-order valence-corrected chi connectivity index (χ1v) is 8.41. The highest BCUT2D eigenvalue weighted by Crippen LogP contribution is 2.38. The lowest BCUT2D eigenvalue weighted by Gasteiger charge is -2.35. The molecule has 1 fully saturated rings. The SMILES string of the molecule is CSC1(CNC(=O)c2cc(N)nc(Cl)c2)CCCCC1. The summed E-state index contributed by atoms with van der Waals surface area (Å²) in [4.78, 5) is 16.0. The average Bonchev–Trinajstić information content (AvgIpc) is 2.45. The minimum atomic E-state index is -0.139. The normalized spacial score (nSPS) is 17.7. The number of pyridine rings is 1. The summed E-state index contributed by atoms with van der Waals surface area (Å²) in [6.07, 6.45) is 8.22. The number of aromatic nitrogens is 1. The van der Waals surface area contributed by atoms with Gasteiger partial charge in [0.2, 0.25) is 0 Å². The number of carbonyl (C=O) groups excluding carboxylic acids is 1. The molecule has 1 aliphatic carbocycles. The minimum Gasteiger partial charge on any atom is -0.384 e. The topological polar surface area (TPSA) is 68.0 Å². The Labute approximate surface area is 128 Å². The van der Waals surface area contributed by atoms with Crippen LogP contribution in [0.1, 0.15) is 42.5 Å². The first kappa shape index (κ1) is 15.4. The van der Waals surface area contributed by atoms with Gasteiger partial charge in [-0.2, -0.15) is 11.8 Å². The Bertz CT molecular complexity index is 469. The molecule has 0 aliphatic heterocycles. The highest BCUT2D eigenvalue weighted by atomic mass is 35.5. The number of hydrogen-bond acceptors (Lipinski definition) is 4. The fraction of sp³-hybridized carbons (Fsp3) is 0.571. The van der Waals surface area contributed by atoms with E-state index in [1.54, 1.807) is 12.1 Å². The van der Waals surface area contributed by atoms with Gasteiger partial charge >= 0.3 is 0 Å². The van der Waals surface area contributed by atoms with E-state index in [9.17, 15) is 4.79 Å². The van der Waals surface area contributed by atoms with E-state index in [0.717, 1.165) is 12.8 Å². The van der Waals surface area contributed by atoms with Crippen LogP contribution in [-0.4, -0.2) is 28.4 Å². The largest absolute Gasteiger partial charge is 0.384 e. The number of anilines is 1. The molecule has 0 saturated heterocycles. The Hall–Kier alpha value is -0.940. The standard InChI is InChI=1S/C14H20ClN3OS/c1-20-14(5-3-2-4-6-14)9-17-13(19)10-7-11(15)18-12(16)8-10/h7-8H,2-6,9H2,1H3,(H2,16,18)(H,17,19). The van der Waals surface area contributed by atoms with Crippen LogP contribution in [0.15, 0.2) is 12.1 Å². The van der Waals surface area contributed by atoms with Crippen LogP contribution >= 0.6 is 23.4 Å². The molecule has 1 heterocycles. The van der Waals surface area contributed by atoms with E-state index in [1.165, 1.54) is 19.3 Å². The van der Waals surface area contributed by atoms with Gasteiger partial charge < -0.3 is 11.1 Å². The number of halogens is 1. The van der Waals surface area contributed by atoms with Crippen LogP contribution in [0.3, 0.4) is 0 Å². The van der Waals surface area contributed by atoms with E-state index in [4.69, 9.17) is 17.3 Å². The molecule has 0 unspecified atom stereocenters. The number of amides is 1. The summed E-state index contributed by atoms with van der Waals surface area (Å²) in [6, 6.07) is 3.09. The maximum Gasteiger partial charge on any atom is 0.251 e. The Kier molecular flexibility index (Phi) is 5.16. The molecule has 6 heteroatoms. The zero-order valence-electron chi connectivity index (χ0n) is 11.6. The van der Waals surface area contributed by atoms with Gasteiger partial charge in [0.05, 0.1) is 0 Å². The third kappa shape index (κ3) is 3.79. The molecular weight excluding hydrogens is 294 g/mol. The van der Waals surface area contributed by atoms with Crippen LogP contribution in [-0.2, 0) is 0 Å². The summed E-state index contributed by atoms with van der Waals surface area (Å²) in [5.74, 6) is 0.125. The van der Waals surface area contributed by atoms with Crippen LogP contribution in [0, 0.1) is 0 Å².